The Kier molecular flexibility index (Phi) is 6.39. The fourth-order valence-corrected chi connectivity index (χ4v) is 4.12. The number of nitrogens with zero attached hydrogens (tertiary/aromatic N) is 2. The van der Waals surface area contributed by atoms with Crippen LogP contribution in [0.5, 0.6) is 0 Å². The lowest BCUT2D eigenvalue weighted by atomic mass is 9.95. The zero-order chi connectivity index (χ0) is 21.1. The first-order valence-electron chi connectivity index (χ1n) is 10.3. The molecule has 1 aliphatic rings. The van der Waals surface area contributed by atoms with Crippen molar-refractivity contribution in [2.24, 2.45) is 7.05 Å². The summed E-state index contributed by atoms with van der Waals surface area (Å²) in [4.78, 5) is 41.2. The number of aromatic amines is 1. The van der Waals surface area contributed by atoms with E-state index in [4.69, 9.17) is 4.74 Å². The van der Waals surface area contributed by atoms with Gasteiger partial charge in [0.05, 0.1) is 5.39 Å². The van der Waals surface area contributed by atoms with Crippen LogP contribution in [0, 0.1) is 13.8 Å². The van der Waals surface area contributed by atoms with Crippen LogP contribution < -0.4 is 10.9 Å². The fourth-order valence-electron chi connectivity index (χ4n) is 4.12. The number of ether oxygens (including phenoxy) is 1. The molecule has 0 radical (unpaired) electrons. The molecule has 1 atom stereocenters. The third-order valence-electron chi connectivity index (χ3n) is 5.78. The minimum absolute atomic E-state index is 0.126. The van der Waals surface area contributed by atoms with Gasteiger partial charge in [-0.1, -0.05) is 19.3 Å². The first kappa shape index (κ1) is 21.1. The molecule has 0 aliphatic heterocycles. The number of esters is 1. The van der Waals surface area contributed by atoms with Gasteiger partial charge in [-0.2, -0.15) is 0 Å². The average molecular weight is 402 g/mol. The Bertz CT molecular complexity index is 969. The van der Waals surface area contributed by atoms with E-state index in [1.807, 2.05) is 13.8 Å². The van der Waals surface area contributed by atoms with E-state index in [2.05, 4.69) is 15.4 Å². The quantitative estimate of drug-likeness (QED) is 0.721. The predicted octanol–water partition coefficient (Wildman–Crippen LogP) is 2.19. The number of rotatable bonds is 6. The Morgan fingerprint density at radius 3 is 2.66 bits per heavy atom. The Morgan fingerprint density at radius 2 is 1.97 bits per heavy atom. The van der Waals surface area contributed by atoms with Crippen LogP contribution in [0.25, 0.3) is 11.0 Å². The van der Waals surface area contributed by atoms with Crippen LogP contribution in [0.4, 0.5) is 0 Å². The molecule has 2 heterocycles. The van der Waals surface area contributed by atoms with Gasteiger partial charge in [-0.3, -0.25) is 24.2 Å². The minimum atomic E-state index is -0.816. The third-order valence-corrected chi connectivity index (χ3v) is 5.78. The highest BCUT2D eigenvalue weighted by molar-refractivity contribution is 5.84. The molecule has 8 nitrogen and oxygen atoms in total. The number of carbonyl (C=O) groups excluding carboxylic acids is 2. The molecular formula is C21H30N4O4. The van der Waals surface area contributed by atoms with Gasteiger partial charge in [0, 0.05) is 25.2 Å². The molecule has 0 saturated heterocycles. The number of aromatic nitrogens is 3. The molecule has 1 fully saturated rings. The van der Waals surface area contributed by atoms with Crippen molar-refractivity contribution in [3.8, 4) is 0 Å². The molecule has 2 N–H and O–H groups in total. The first-order valence-corrected chi connectivity index (χ1v) is 10.3. The summed E-state index contributed by atoms with van der Waals surface area (Å²) in [5.41, 5.74) is 2.88. The molecule has 2 aromatic heterocycles. The molecule has 0 spiro atoms. The number of fused-ring (bicyclic) bond motifs is 1. The van der Waals surface area contributed by atoms with E-state index in [0.717, 1.165) is 42.5 Å². The first-order chi connectivity index (χ1) is 13.8. The van der Waals surface area contributed by atoms with E-state index in [1.54, 1.807) is 18.7 Å². The van der Waals surface area contributed by atoms with E-state index < -0.39 is 12.1 Å². The molecule has 0 aromatic carbocycles. The van der Waals surface area contributed by atoms with Crippen LogP contribution in [0.15, 0.2) is 4.79 Å². The maximum Gasteiger partial charge on any atom is 0.306 e. The van der Waals surface area contributed by atoms with Gasteiger partial charge in [0.1, 0.15) is 0 Å². The van der Waals surface area contributed by atoms with Gasteiger partial charge in [-0.15, -0.1) is 0 Å². The van der Waals surface area contributed by atoms with Gasteiger partial charge in [0.15, 0.2) is 11.8 Å². The summed E-state index contributed by atoms with van der Waals surface area (Å²) in [6.07, 6.45) is 5.15. The Hall–Kier alpha value is -2.64. The van der Waals surface area contributed by atoms with Crippen molar-refractivity contribution < 1.29 is 14.3 Å². The number of hydrogen-bond donors (Lipinski definition) is 2. The maximum atomic E-state index is 12.3. The minimum Gasteiger partial charge on any atom is -0.453 e. The highest BCUT2D eigenvalue weighted by Crippen LogP contribution is 2.21. The van der Waals surface area contributed by atoms with Gasteiger partial charge in [-0.25, -0.2) is 4.98 Å². The number of aryl methyl sites for hydroxylation is 3. The van der Waals surface area contributed by atoms with Crippen molar-refractivity contribution in [1.82, 2.24) is 20.1 Å². The van der Waals surface area contributed by atoms with Crippen molar-refractivity contribution >= 4 is 22.9 Å². The smallest absolute Gasteiger partial charge is 0.306 e. The molecule has 3 rings (SSSR count). The molecule has 1 amide bonds. The van der Waals surface area contributed by atoms with Crippen LogP contribution >= 0.6 is 0 Å². The van der Waals surface area contributed by atoms with Gasteiger partial charge in [0.2, 0.25) is 0 Å². The van der Waals surface area contributed by atoms with Crippen molar-refractivity contribution in [3.63, 3.8) is 0 Å². The molecule has 0 bridgehead atoms. The Morgan fingerprint density at radius 1 is 1.28 bits per heavy atom. The predicted molar refractivity (Wildman–Crippen MR) is 110 cm³/mol. The summed E-state index contributed by atoms with van der Waals surface area (Å²) in [6, 6.07) is 0.185. The maximum absolute atomic E-state index is 12.3. The van der Waals surface area contributed by atoms with Crippen LogP contribution in [0.1, 0.15) is 62.3 Å². The monoisotopic (exact) mass is 402 g/mol. The molecule has 29 heavy (non-hydrogen) atoms. The van der Waals surface area contributed by atoms with Gasteiger partial charge in [0.25, 0.3) is 11.5 Å². The Labute approximate surface area is 170 Å². The number of amides is 1. The summed E-state index contributed by atoms with van der Waals surface area (Å²) >= 11 is 0. The SMILES string of the molecule is Cc1nc2c(c(C)c1CCC(=O)O[C@H](C)C(=O)NC1CCCCC1)c(=O)[nH]n2C. The van der Waals surface area contributed by atoms with E-state index in [-0.39, 0.29) is 23.9 Å². The van der Waals surface area contributed by atoms with Crippen LogP contribution in [-0.2, 0) is 27.8 Å². The van der Waals surface area contributed by atoms with Gasteiger partial charge < -0.3 is 10.1 Å². The van der Waals surface area contributed by atoms with Crippen molar-refractivity contribution in [1.29, 1.82) is 0 Å². The van der Waals surface area contributed by atoms with Gasteiger partial charge >= 0.3 is 5.97 Å². The number of pyridine rings is 1. The van der Waals surface area contributed by atoms with Crippen LogP contribution in [0.2, 0.25) is 0 Å². The summed E-state index contributed by atoms with van der Waals surface area (Å²) in [7, 11) is 1.74. The molecule has 1 saturated carbocycles. The second-order valence-electron chi connectivity index (χ2n) is 7.97. The zero-order valence-corrected chi connectivity index (χ0v) is 17.6. The van der Waals surface area contributed by atoms with Crippen molar-refractivity contribution in [3.05, 3.63) is 27.2 Å². The van der Waals surface area contributed by atoms with Gasteiger partial charge in [-0.05, 0) is 51.2 Å². The highest BCUT2D eigenvalue weighted by atomic mass is 16.5. The van der Waals surface area contributed by atoms with Crippen molar-refractivity contribution in [2.75, 3.05) is 0 Å². The summed E-state index contributed by atoms with van der Waals surface area (Å²) < 4.78 is 6.93. The van der Waals surface area contributed by atoms with E-state index in [1.165, 1.54) is 6.42 Å². The number of H-pyrrole nitrogens is 1. The average Bonchev–Trinajstić information content (AvgIpc) is 2.95. The fraction of sp³-hybridized carbons (Fsp3) is 0.619. The lowest BCUT2D eigenvalue weighted by molar-refractivity contribution is -0.155. The van der Waals surface area contributed by atoms with E-state index in [9.17, 15) is 14.4 Å². The van der Waals surface area contributed by atoms with Crippen LogP contribution in [-0.4, -0.2) is 38.8 Å². The van der Waals surface area contributed by atoms with Crippen molar-refractivity contribution in [2.45, 2.75) is 77.9 Å². The summed E-state index contributed by atoms with van der Waals surface area (Å²) in [5.74, 6) is -0.673. The Balaban J connectivity index is 1.59. The summed E-state index contributed by atoms with van der Waals surface area (Å²) in [6.45, 7) is 5.33. The van der Waals surface area contributed by atoms with E-state index in [0.29, 0.717) is 17.5 Å². The molecule has 2 aromatic rings. The number of nitrogens with one attached hydrogen (secondary N) is 2. The summed E-state index contributed by atoms with van der Waals surface area (Å²) in [5, 5.41) is 6.23. The molecule has 158 valence electrons. The second kappa shape index (κ2) is 8.80. The topological polar surface area (TPSA) is 106 Å². The second-order valence-corrected chi connectivity index (χ2v) is 7.97. The molecule has 0 unspecified atom stereocenters. The number of carbonyl (C=O) groups is 2. The normalized spacial score (nSPS) is 16.0. The number of hydrogen-bond acceptors (Lipinski definition) is 5. The van der Waals surface area contributed by atoms with Crippen LogP contribution in [0.3, 0.4) is 0 Å². The zero-order valence-electron chi connectivity index (χ0n) is 17.6. The largest absolute Gasteiger partial charge is 0.453 e. The molecular weight excluding hydrogens is 372 g/mol. The highest BCUT2D eigenvalue weighted by Gasteiger charge is 2.23. The van der Waals surface area contributed by atoms with E-state index >= 15 is 0 Å². The molecule has 1 aliphatic carbocycles. The standard InChI is InChI=1S/C21H30N4O4/c1-12-16(13(2)22-19-18(12)21(28)24-25(19)4)10-11-17(26)29-14(3)20(27)23-15-8-6-5-7-9-15/h14-15H,5-11H2,1-4H3,(H,23,27)(H,24,28)/t14-/m1/s1. The third kappa shape index (κ3) is 4.68. The molecule has 8 heteroatoms. The lowest BCUT2D eigenvalue weighted by Crippen LogP contribution is -2.42. The lowest BCUT2D eigenvalue weighted by Gasteiger charge is -2.24.